The summed E-state index contributed by atoms with van der Waals surface area (Å²) in [6, 6.07) is 0.499. The average Bonchev–Trinajstić information content (AvgIpc) is 3.01. The first-order valence-electron chi connectivity index (χ1n) is 6.34. The molecule has 1 saturated carbocycles. The molecule has 0 saturated heterocycles. The summed E-state index contributed by atoms with van der Waals surface area (Å²) in [7, 11) is 0. The van der Waals surface area contributed by atoms with Gasteiger partial charge in [0.15, 0.2) is 5.11 Å². The molecule has 16 heavy (non-hydrogen) atoms. The molecule has 1 atom stereocenters. The highest BCUT2D eigenvalue weighted by Gasteiger charge is 2.23. The summed E-state index contributed by atoms with van der Waals surface area (Å²) in [4.78, 5) is 0. The molecule has 1 unspecified atom stereocenters. The van der Waals surface area contributed by atoms with Crippen LogP contribution in [0.2, 0.25) is 0 Å². The first-order valence-corrected chi connectivity index (χ1v) is 6.75. The molecule has 0 aromatic rings. The van der Waals surface area contributed by atoms with E-state index in [2.05, 4.69) is 17.6 Å². The van der Waals surface area contributed by atoms with Crippen LogP contribution in [-0.4, -0.2) is 30.9 Å². The fourth-order valence-corrected chi connectivity index (χ4v) is 2.01. The van der Waals surface area contributed by atoms with Gasteiger partial charge in [0.05, 0.1) is 0 Å². The summed E-state index contributed by atoms with van der Waals surface area (Å²) >= 11 is 5.22. The van der Waals surface area contributed by atoms with E-state index in [4.69, 9.17) is 17.0 Å². The van der Waals surface area contributed by atoms with Gasteiger partial charge in [-0.1, -0.05) is 12.8 Å². The fourth-order valence-electron chi connectivity index (χ4n) is 1.71. The molecule has 1 aliphatic rings. The highest BCUT2D eigenvalue weighted by atomic mass is 32.1. The van der Waals surface area contributed by atoms with Crippen LogP contribution >= 0.6 is 12.2 Å². The lowest BCUT2D eigenvalue weighted by Gasteiger charge is -2.16. The van der Waals surface area contributed by atoms with E-state index in [-0.39, 0.29) is 0 Å². The van der Waals surface area contributed by atoms with E-state index >= 15 is 0 Å². The van der Waals surface area contributed by atoms with Crippen molar-refractivity contribution >= 4 is 17.3 Å². The molecule has 0 radical (unpaired) electrons. The summed E-state index contributed by atoms with van der Waals surface area (Å²) in [6.45, 7) is 6.71. The normalized spacial score (nSPS) is 16.9. The molecule has 94 valence electrons. The summed E-state index contributed by atoms with van der Waals surface area (Å²) in [5.41, 5.74) is 0. The monoisotopic (exact) mass is 244 g/mol. The van der Waals surface area contributed by atoms with Crippen LogP contribution in [0.4, 0.5) is 0 Å². The molecule has 0 amide bonds. The average molecular weight is 244 g/mol. The van der Waals surface area contributed by atoms with Gasteiger partial charge >= 0.3 is 0 Å². The second-order valence-corrected chi connectivity index (χ2v) is 4.94. The van der Waals surface area contributed by atoms with Gasteiger partial charge in [-0.2, -0.15) is 0 Å². The van der Waals surface area contributed by atoms with Crippen LogP contribution in [0.5, 0.6) is 0 Å². The quantitative estimate of drug-likeness (QED) is 0.506. The third-order valence-electron chi connectivity index (χ3n) is 2.72. The second-order valence-electron chi connectivity index (χ2n) is 4.53. The van der Waals surface area contributed by atoms with Crippen LogP contribution in [0.3, 0.4) is 0 Å². The van der Waals surface area contributed by atoms with Gasteiger partial charge < -0.3 is 15.4 Å². The van der Waals surface area contributed by atoms with Gasteiger partial charge in [0.1, 0.15) is 0 Å². The lowest BCUT2D eigenvalue weighted by atomic mass is 10.2. The Morgan fingerprint density at radius 3 is 2.88 bits per heavy atom. The van der Waals surface area contributed by atoms with Gasteiger partial charge in [-0.15, -0.1) is 0 Å². The standard InChI is InChI=1S/C12H24N2OS/c1-3-15-8-4-7-13-12(16)14-10(2)9-11-5-6-11/h10-11H,3-9H2,1-2H3,(H2,13,14,16). The summed E-state index contributed by atoms with van der Waals surface area (Å²) in [5, 5.41) is 7.31. The molecular formula is C12H24N2OS. The molecule has 0 spiro atoms. The largest absolute Gasteiger partial charge is 0.382 e. The maximum atomic E-state index is 5.25. The van der Waals surface area contributed by atoms with E-state index in [1.54, 1.807) is 0 Å². The molecule has 0 bridgehead atoms. The first kappa shape index (κ1) is 13.7. The maximum absolute atomic E-state index is 5.25. The van der Waals surface area contributed by atoms with E-state index in [1.807, 2.05) is 6.92 Å². The molecule has 1 rings (SSSR count). The molecule has 3 nitrogen and oxygen atoms in total. The Hall–Kier alpha value is -0.350. The van der Waals surface area contributed by atoms with Crippen molar-refractivity contribution in [1.82, 2.24) is 10.6 Å². The Morgan fingerprint density at radius 2 is 2.25 bits per heavy atom. The Balaban J connectivity index is 1.92. The van der Waals surface area contributed by atoms with Crippen molar-refractivity contribution in [1.29, 1.82) is 0 Å². The van der Waals surface area contributed by atoms with Crippen molar-refractivity contribution in [3.63, 3.8) is 0 Å². The van der Waals surface area contributed by atoms with E-state index < -0.39 is 0 Å². The lowest BCUT2D eigenvalue weighted by Crippen LogP contribution is -2.41. The molecule has 0 aliphatic heterocycles. The number of hydrogen-bond donors (Lipinski definition) is 2. The van der Waals surface area contributed by atoms with Gasteiger partial charge in [-0.25, -0.2) is 0 Å². The number of thiocarbonyl (C=S) groups is 1. The zero-order valence-electron chi connectivity index (χ0n) is 10.4. The van der Waals surface area contributed by atoms with Crippen LogP contribution < -0.4 is 10.6 Å². The van der Waals surface area contributed by atoms with E-state index in [0.29, 0.717) is 6.04 Å². The van der Waals surface area contributed by atoms with Crippen molar-refractivity contribution in [2.75, 3.05) is 19.8 Å². The molecular weight excluding hydrogens is 220 g/mol. The van der Waals surface area contributed by atoms with Crippen LogP contribution in [0.15, 0.2) is 0 Å². The molecule has 0 aromatic carbocycles. The van der Waals surface area contributed by atoms with E-state index in [1.165, 1.54) is 19.3 Å². The lowest BCUT2D eigenvalue weighted by molar-refractivity contribution is 0.145. The first-order chi connectivity index (χ1) is 7.72. The number of ether oxygens (including phenoxy) is 1. The number of nitrogens with one attached hydrogen (secondary N) is 2. The van der Waals surface area contributed by atoms with Crippen molar-refractivity contribution < 1.29 is 4.74 Å². The topological polar surface area (TPSA) is 33.3 Å². The minimum absolute atomic E-state index is 0.499. The highest BCUT2D eigenvalue weighted by Crippen LogP contribution is 2.33. The van der Waals surface area contributed by atoms with E-state index in [9.17, 15) is 0 Å². The molecule has 1 aliphatic carbocycles. The van der Waals surface area contributed by atoms with E-state index in [0.717, 1.165) is 37.2 Å². The molecule has 4 heteroatoms. The zero-order chi connectivity index (χ0) is 11.8. The Morgan fingerprint density at radius 1 is 1.50 bits per heavy atom. The van der Waals surface area contributed by atoms with Gasteiger partial charge in [-0.05, 0) is 44.8 Å². The van der Waals surface area contributed by atoms with Crippen LogP contribution in [0, 0.1) is 5.92 Å². The Labute approximate surface area is 104 Å². The molecule has 0 heterocycles. The summed E-state index contributed by atoms with van der Waals surface area (Å²) in [5.74, 6) is 0.947. The predicted molar refractivity (Wildman–Crippen MR) is 71.6 cm³/mol. The zero-order valence-corrected chi connectivity index (χ0v) is 11.2. The van der Waals surface area contributed by atoms with Crippen LogP contribution in [0.1, 0.15) is 39.5 Å². The van der Waals surface area contributed by atoms with Gasteiger partial charge in [0.2, 0.25) is 0 Å². The van der Waals surface area contributed by atoms with Gasteiger partial charge in [0.25, 0.3) is 0 Å². The smallest absolute Gasteiger partial charge is 0.166 e. The Kier molecular flexibility index (Phi) is 6.73. The van der Waals surface area contributed by atoms with Gasteiger partial charge in [0, 0.05) is 25.8 Å². The van der Waals surface area contributed by atoms with Crippen molar-refractivity contribution in [3.8, 4) is 0 Å². The van der Waals surface area contributed by atoms with Gasteiger partial charge in [-0.3, -0.25) is 0 Å². The summed E-state index contributed by atoms with van der Waals surface area (Å²) < 4.78 is 5.25. The van der Waals surface area contributed by atoms with Crippen molar-refractivity contribution in [2.24, 2.45) is 5.92 Å². The van der Waals surface area contributed by atoms with Crippen LogP contribution in [-0.2, 0) is 4.74 Å². The predicted octanol–water partition coefficient (Wildman–Crippen LogP) is 2.07. The second kappa shape index (κ2) is 7.85. The molecule has 0 aromatic heterocycles. The minimum atomic E-state index is 0.499. The summed E-state index contributed by atoms with van der Waals surface area (Å²) in [6.07, 6.45) is 5.06. The van der Waals surface area contributed by atoms with Crippen LogP contribution in [0.25, 0.3) is 0 Å². The number of rotatable bonds is 8. The highest BCUT2D eigenvalue weighted by molar-refractivity contribution is 7.80. The SMILES string of the molecule is CCOCCCNC(=S)NC(C)CC1CC1. The minimum Gasteiger partial charge on any atom is -0.382 e. The fraction of sp³-hybridized carbons (Fsp3) is 0.917. The van der Waals surface area contributed by atoms with Crippen molar-refractivity contribution in [2.45, 2.75) is 45.6 Å². The van der Waals surface area contributed by atoms with Crippen molar-refractivity contribution in [3.05, 3.63) is 0 Å². The maximum Gasteiger partial charge on any atom is 0.166 e. The number of hydrogen-bond acceptors (Lipinski definition) is 2. The molecule has 2 N–H and O–H groups in total. The Bertz CT molecular complexity index is 207. The third kappa shape index (κ3) is 7.01. The molecule has 1 fully saturated rings. The third-order valence-corrected chi connectivity index (χ3v) is 2.98.